The van der Waals surface area contributed by atoms with Crippen LogP contribution in [0, 0.1) is 5.92 Å². The van der Waals surface area contributed by atoms with E-state index in [9.17, 15) is 43.2 Å². The molecule has 0 amide bonds. The van der Waals surface area contributed by atoms with Crippen molar-refractivity contribution in [1.82, 2.24) is 0 Å². The molecular formula is C67H130O17P2. The monoisotopic (exact) mass is 1270 g/mol. The molecular weight excluding hydrogens is 1140 g/mol. The minimum Gasteiger partial charge on any atom is -0.462 e. The maximum absolute atomic E-state index is 13.0. The minimum absolute atomic E-state index is 0.106. The number of unbranched alkanes of at least 4 members (excludes halogenated alkanes) is 39. The Hall–Kier alpha value is -1.94. The number of carbonyl (C=O) groups excluding carboxylic acids is 4. The van der Waals surface area contributed by atoms with Gasteiger partial charge in [0.2, 0.25) is 0 Å². The van der Waals surface area contributed by atoms with Crippen molar-refractivity contribution in [2.24, 2.45) is 5.92 Å². The van der Waals surface area contributed by atoms with Crippen LogP contribution in [0.3, 0.4) is 0 Å². The van der Waals surface area contributed by atoms with Crippen LogP contribution in [0.2, 0.25) is 0 Å². The minimum atomic E-state index is -4.95. The third kappa shape index (κ3) is 60.9. The Morgan fingerprint density at radius 1 is 0.314 bits per heavy atom. The number of esters is 4. The Kier molecular flexibility index (Phi) is 59.2. The van der Waals surface area contributed by atoms with Gasteiger partial charge in [-0.25, -0.2) is 9.13 Å². The number of rotatable bonds is 67. The summed E-state index contributed by atoms with van der Waals surface area (Å²) in [6, 6.07) is 0. The smallest absolute Gasteiger partial charge is 0.462 e. The summed E-state index contributed by atoms with van der Waals surface area (Å²) in [7, 11) is -9.89. The Bertz CT molecular complexity index is 1670. The third-order valence-electron chi connectivity index (χ3n) is 15.5. The lowest BCUT2D eigenvalue weighted by Crippen LogP contribution is -2.30. The van der Waals surface area contributed by atoms with E-state index in [1.807, 2.05) is 0 Å². The van der Waals surface area contributed by atoms with Gasteiger partial charge in [0, 0.05) is 25.7 Å². The van der Waals surface area contributed by atoms with Gasteiger partial charge in [0.15, 0.2) is 12.2 Å². The molecule has 19 heteroatoms. The zero-order valence-electron chi connectivity index (χ0n) is 55.4. The van der Waals surface area contributed by atoms with Crippen LogP contribution in [-0.2, 0) is 65.4 Å². The lowest BCUT2D eigenvalue weighted by molar-refractivity contribution is -0.161. The van der Waals surface area contributed by atoms with Crippen LogP contribution < -0.4 is 0 Å². The van der Waals surface area contributed by atoms with Gasteiger partial charge in [0.1, 0.15) is 19.3 Å². The maximum Gasteiger partial charge on any atom is 0.472 e. The number of ether oxygens (including phenoxy) is 4. The van der Waals surface area contributed by atoms with Crippen molar-refractivity contribution in [3.05, 3.63) is 0 Å². The third-order valence-corrected chi connectivity index (χ3v) is 17.4. The number of hydrogen-bond acceptors (Lipinski definition) is 15. The number of hydrogen-bond donors (Lipinski definition) is 3. The fraction of sp³-hybridized carbons (Fsp3) is 0.940. The van der Waals surface area contributed by atoms with Crippen LogP contribution >= 0.6 is 15.6 Å². The zero-order chi connectivity index (χ0) is 63.5. The van der Waals surface area contributed by atoms with Gasteiger partial charge in [-0.3, -0.25) is 37.3 Å². The van der Waals surface area contributed by atoms with Crippen molar-refractivity contribution in [3.8, 4) is 0 Å². The van der Waals surface area contributed by atoms with Crippen LogP contribution in [0.15, 0.2) is 0 Å². The standard InChI is InChI=1S/C67H130O17P2/c1-6-9-12-15-18-21-24-26-31-36-41-46-51-65(70)78-57-63(84-67(72)53-48-43-38-33-28-27-29-34-39-44-49-60(4)5)59-82-86(75,76)80-55-61(68)54-79-85(73,74)81-58-62(56-77-64(69)50-45-40-35-30-23-20-17-14-11-8-3)83-66(71)52-47-42-37-32-25-22-19-16-13-10-7-2/h60-63,68H,6-59H2,1-5H3,(H,73,74)(H,75,76)/t61-,62+,63+/m0/s1. The highest BCUT2D eigenvalue weighted by Crippen LogP contribution is 2.45. The van der Waals surface area contributed by atoms with Crippen molar-refractivity contribution in [2.45, 2.75) is 361 Å². The van der Waals surface area contributed by atoms with E-state index in [1.165, 1.54) is 167 Å². The number of carbonyl (C=O) groups is 4. The average molecular weight is 1270 g/mol. The molecule has 0 aliphatic heterocycles. The summed E-state index contributed by atoms with van der Waals surface area (Å²) in [4.78, 5) is 72.4. The molecule has 2 unspecified atom stereocenters. The van der Waals surface area contributed by atoms with E-state index in [4.69, 9.17) is 37.0 Å². The number of aliphatic hydroxyl groups excluding tert-OH is 1. The lowest BCUT2D eigenvalue weighted by atomic mass is 10.0. The molecule has 17 nitrogen and oxygen atoms in total. The summed E-state index contributed by atoms with van der Waals surface area (Å²) in [5.41, 5.74) is 0. The Labute approximate surface area is 524 Å². The maximum atomic E-state index is 13.0. The van der Waals surface area contributed by atoms with E-state index in [0.717, 1.165) is 95.8 Å². The molecule has 3 N–H and O–H groups in total. The van der Waals surface area contributed by atoms with Crippen LogP contribution in [0.5, 0.6) is 0 Å². The van der Waals surface area contributed by atoms with Gasteiger partial charge >= 0.3 is 39.5 Å². The van der Waals surface area contributed by atoms with E-state index in [0.29, 0.717) is 25.7 Å². The second-order valence-electron chi connectivity index (χ2n) is 24.7. The first-order chi connectivity index (χ1) is 41.5. The van der Waals surface area contributed by atoms with Gasteiger partial charge in [-0.2, -0.15) is 0 Å². The zero-order valence-corrected chi connectivity index (χ0v) is 57.2. The molecule has 0 radical (unpaired) electrons. The quantitative estimate of drug-likeness (QED) is 0.0222. The molecule has 0 rings (SSSR count). The Morgan fingerprint density at radius 3 is 0.791 bits per heavy atom. The number of phosphoric acid groups is 2. The summed E-state index contributed by atoms with van der Waals surface area (Å²) in [5.74, 6) is -1.37. The van der Waals surface area contributed by atoms with Gasteiger partial charge in [0.25, 0.3) is 0 Å². The van der Waals surface area contributed by atoms with Crippen molar-refractivity contribution in [2.75, 3.05) is 39.6 Å². The molecule has 510 valence electrons. The largest absolute Gasteiger partial charge is 0.472 e. The van der Waals surface area contributed by atoms with Crippen molar-refractivity contribution >= 4 is 39.5 Å². The van der Waals surface area contributed by atoms with Gasteiger partial charge < -0.3 is 33.8 Å². The predicted octanol–water partition coefficient (Wildman–Crippen LogP) is 19.0. The van der Waals surface area contributed by atoms with Crippen molar-refractivity contribution in [3.63, 3.8) is 0 Å². The molecule has 0 aliphatic rings. The van der Waals surface area contributed by atoms with Gasteiger partial charge in [-0.05, 0) is 31.6 Å². The molecule has 0 aromatic heterocycles. The normalized spacial score (nSPS) is 14.2. The summed E-state index contributed by atoms with van der Waals surface area (Å²) >= 11 is 0. The highest BCUT2D eigenvalue weighted by molar-refractivity contribution is 7.47. The number of phosphoric ester groups is 2. The highest BCUT2D eigenvalue weighted by atomic mass is 31.2. The summed E-state index contributed by atoms with van der Waals surface area (Å²) < 4.78 is 68.1. The van der Waals surface area contributed by atoms with E-state index in [2.05, 4.69) is 34.6 Å². The molecule has 0 saturated carbocycles. The van der Waals surface area contributed by atoms with Gasteiger partial charge in [0.05, 0.1) is 26.4 Å². The molecule has 0 fully saturated rings. The first kappa shape index (κ1) is 84.1. The Morgan fingerprint density at radius 2 is 0.535 bits per heavy atom. The average Bonchev–Trinajstić information content (AvgIpc) is 3.66. The topological polar surface area (TPSA) is 237 Å². The fourth-order valence-corrected chi connectivity index (χ4v) is 11.7. The molecule has 0 heterocycles. The molecule has 0 aromatic carbocycles. The first-order valence-corrected chi connectivity index (χ1v) is 38.1. The second-order valence-corrected chi connectivity index (χ2v) is 27.6. The fourth-order valence-electron chi connectivity index (χ4n) is 10.1. The molecule has 0 spiro atoms. The summed E-state index contributed by atoms with van der Waals surface area (Å²) in [6.45, 7) is 7.20. The second kappa shape index (κ2) is 60.6. The number of aliphatic hydroxyl groups is 1. The molecule has 0 saturated heterocycles. The SMILES string of the molecule is CCCCCCCCCCCCCCC(=O)OC[C@H](COP(=O)(O)OC[C@@H](O)COP(=O)(O)OC[C@@H](COC(=O)CCCCCCCCCCCC)OC(=O)CCCCCCCCCCCCC)OC(=O)CCCCCCCCCCCCC(C)C. The molecule has 0 aliphatic carbocycles. The molecule has 0 bridgehead atoms. The van der Waals surface area contributed by atoms with Crippen LogP contribution in [0.25, 0.3) is 0 Å². The van der Waals surface area contributed by atoms with E-state index in [1.54, 1.807) is 0 Å². The van der Waals surface area contributed by atoms with Gasteiger partial charge in [-0.15, -0.1) is 0 Å². The molecule has 5 atom stereocenters. The van der Waals surface area contributed by atoms with Crippen molar-refractivity contribution < 1.29 is 80.2 Å². The van der Waals surface area contributed by atoms with E-state index >= 15 is 0 Å². The Balaban J connectivity index is 5.24. The lowest BCUT2D eigenvalue weighted by Gasteiger charge is -2.21. The summed E-state index contributed by atoms with van der Waals surface area (Å²) in [5, 5.41) is 10.6. The van der Waals surface area contributed by atoms with Crippen molar-refractivity contribution in [1.29, 1.82) is 0 Å². The van der Waals surface area contributed by atoms with Crippen LogP contribution in [-0.4, -0.2) is 96.7 Å². The molecule has 0 aromatic rings. The summed E-state index contributed by atoms with van der Waals surface area (Å²) in [6.07, 6.45) is 45.6. The first-order valence-electron chi connectivity index (χ1n) is 35.1. The van der Waals surface area contributed by atoms with E-state index in [-0.39, 0.29) is 25.7 Å². The van der Waals surface area contributed by atoms with Gasteiger partial charge in [-0.1, -0.05) is 291 Å². The molecule has 86 heavy (non-hydrogen) atoms. The highest BCUT2D eigenvalue weighted by Gasteiger charge is 2.30. The van der Waals surface area contributed by atoms with Crippen LogP contribution in [0.1, 0.15) is 343 Å². The van der Waals surface area contributed by atoms with Crippen LogP contribution in [0.4, 0.5) is 0 Å². The predicted molar refractivity (Wildman–Crippen MR) is 345 cm³/mol. The van der Waals surface area contributed by atoms with E-state index < -0.39 is 97.5 Å².